The van der Waals surface area contributed by atoms with Crippen LogP contribution in [-0.4, -0.2) is 21.3 Å². The minimum atomic E-state index is 0.0624. The first-order valence-electron chi connectivity index (χ1n) is 7.08. The third-order valence-electron chi connectivity index (χ3n) is 3.65. The van der Waals surface area contributed by atoms with Crippen LogP contribution in [0.5, 0.6) is 0 Å². The maximum Gasteiger partial charge on any atom is 0.261 e. The molecular weight excluding hydrogens is 272 g/mol. The molecule has 1 aliphatic carbocycles. The number of hydrogen-bond acceptors (Lipinski definition) is 5. The number of hydrogen-bond donors (Lipinski definition) is 1. The van der Waals surface area contributed by atoms with E-state index < -0.39 is 0 Å². The van der Waals surface area contributed by atoms with E-state index in [-0.39, 0.29) is 5.56 Å². The Bertz CT molecular complexity index is 689. The van der Waals surface area contributed by atoms with Crippen molar-refractivity contribution in [2.24, 2.45) is 0 Å². The minimum Gasteiger partial charge on any atom is -0.360 e. The molecule has 0 bridgehead atoms. The van der Waals surface area contributed by atoms with Crippen molar-refractivity contribution in [2.45, 2.75) is 39.7 Å². The summed E-state index contributed by atoms with van der Waals surface area (Å²) in [5.41, 5.74) is 3.25. The average molecular weight is 290 g/mol. The van der Waals surface area contributed by atoms with E-state index in [2.05, 4.69) is 15.5 Å². The predicted molar refractivity (Wildman–Crippen MR) is 81.5 cm³/mol. The summed E-state index contributed by atoms with van der Waals surface area (Å²) in [6, 6.07) is 2.02. The zero-order chi connectivity index (χ0) is 14.1. The van der Waals surface area contributed by atoms with E-state index in [0.717, 1.165) is 30.9 Å². The molecule has 0 spiro atoms. The van der Waals surface area contributed by atoms with Crippen LogP contribution >= 0.6 is 11.3 Å². The fraction of sp³-hybridized carbons (Fsp3) is 0.500. The van der Waals surface area contributed by atoms with Gasteiger partial charge in [0.05, 0.1) is 5.56 Å². The first-order valence-corrected chi connectivity index (χ1v) is 7.89. The number of anilines is 1. The van der Waals surface area contributed by atoms with E-state index in [9.17, 15) is 4.79 Å². The van der Waals surface area contributed by atoms with Crippen molar-refractivity contribution in [3.63, 3.8) is 0 Å². The summed E-state index contributed by atoms with van der Waals surface area (Å²) >= 11 is 1.44. The zero-order valence-electron chi connectivity index (χ0n) is 11.8. The van der Waals surface area contributed by atoms with Gasteiger partial charge in [0, 0.05) is 18.8 Å². The fourth-order valence-corrected chi connectivity index (χ4v) is 3.58. The molecule has 0 saturated heterocycles. The van der Waals surface area contributed by atoms with Gasteiger partial charge in [0.2, 0.25) is 5.13 Å². The summed E-state index contributed by atoms with van der Waals surface area (Å²) in [6.07, 6.45) is 3.20. The Balaban J connectivity index is 2.11. The molecule has 106 valence electrons. The number of nitrogens with zero attached hydrogens (tertiary/aromatic N) is 3. The van der Waals surface area contributed by atoms with Crippen LogP contribution in [0.15, 0.2) is 10.9 Å². The molecule has 1 N–H and O–H groups in total. The molecule has 5 nitrogen and oxygen atoms in total. The molecule has 20 heavy (non-hydrogen) atoms. The van der Waals surface area contributed by atoms with Gasteiger partial charge in [-0.3, -0.25) is 4.79 Å². The normalized spacial score (nSPS) is 13.5. The van der Waals surface area contributed by atoms with Gasteiger partial charge in [-0.05, 0) is 44.7 Å². The van der Waals surface area contributed by atoms with Crippen molar-refractivity contribution in [3.8, 4) is 10.6 Å². The summed E-state index contributed by atoms with van der Waals surface area (Å²) in [4.78, 5) is 12.6. The molecule has 0 aromatic carbocycles. The van der Waals surface area contributed by atoms with Gasteiger partial charge in [-0.25, -0.2) is 0 Å². The Morgan fingerprint density at radius 2 is 2.20 bits per heavy atom. The van der Waals surface area contributed by atoms with Crippen LogP contribution in [0.2, 0.25) is 0 Å². The van der Waals surface area contributed by atoms with Gasteiger partial charge in [-0.1, -0.05) is 11.3 Å². The Labute approximate surface area is 121 Å². The highest BCUT2D eigenvalue weighted by molar-refractivity contribution is 7.18. The fourth-order valence-electron chi connectivity index (χ4n) is 2.76. The van der Waals surface area contributed by atoms with Gasteiger partial charge in [0.25, 0.3) is 5.56 Å². The molecule has 0 unspecified atom stereocenters. The topological polar surface area (TPSA) is 59.8 Å². The van der Waals surface area contributed by atoms with E-state index in [1.54, 1.807) is 0 Å². The quantitative estimate of drug-likeness (QED) is 0.938. The van der Waals surface area contributed by atoms with Crippen molar-refractivity contribution >= 4 is 16.5 Å². The number of nitrogens with one attached hydrogen (secondary N) is 1. The van der Waals surface area contributed by atoms with Gasteiger partial charge >= 0.3 is 0 Å². The van der Waals surface area contributed by atoms with Gasteiger partial charge in [-0.2, -0.15) is 0 Å². The first kappa shape index (κ1) is 13.3. The molecule has 3 rings (SSSR count). The summed E-state index contributed by atoms with van der Waals surface area (Å²) in [7, 11) is 0. The monoisotopic (exact) mass is 290 g/mol. The Morgan fingerprint density at radius 3 is 2.95 bits per heavy atom. The molecule has 0 radical (unpaired) electrons. The van der Waals surface area contributed by atoms with Gasteiger partial charge in [-0.15, -0.1) is 10.2 Å². The molecule has 0 aliphatic heterocycles. The van der Waals surface area contributed by atoms with Crippen LogP contribution in [0.1, 0.15) is 31.5 Å². The Morgan fingerprint density at radius 1 is 1.35 bits per heavy atom. The second-order valence-corrected chi connectivity index (χ2v) is 5.85. The minimum absolute atomic E-state index is 0.0624. The van der Waals surface area contributed by atoms with Crippen molar-refractivity contribution in [1.82, 2.24) is 14.8 Å². The van der Waals surface area contributed by atoms with Crippen LogP contribution in [0, 0.1) is 0 Å². The van der Waals surface area contributed by atoms with Crippen LogP contribution in [-0.2, 0) is 19.4 Å². The lowest BCUT2D eigenvalue weighted by molar-refractivity contribution is 0.683. The van der Waals surface area contributed by atoms with Crippen molar-refractivity contribution in [1.29, 1.82) is 0 Å². The smallest absolute Gasteiger partial charge is 0.261 e. The third-order valence-corrected chi connectivity index (χ3v) is 4.56. The zero-order valence-corrected chi connectivity index (χ0v) is 12.6. The number of rotatable bonds is 4. The van der Waals surface area contributed by atoms with Crippen LogP contribution in [0.3, 0.4) is 0 Å². The lowest BCUT2D eigenvalue weighted by Gasteiger charge is -2.11. The maximum absolute atomic E-state index is 12.6. The van der Waals surface area contributed by atoms with Gasteiger partial charge in [0.1, 0.15) is 0 Å². The number of fused-ring (bicyclic) bond motifs is 1. The summed E-state index contributed by atoms with van der Waals surface area (Å²) in [5.74, 6) is 0. The molecule has 1 aliphatic rings. The number of aromatic nitrogens is 3. The largest absolute Gasteiger partial charge is 0.360 e. The molecule has 0 saturated carbocycles. The van der Waals surface area contributed by atoms with Gasteiger partial charge < -0.3 is 9.88 Å². The summed E-state index contributed by atoms with van der Waals surface area (Å²) in [6.45, 7) is 5.56. The molecule has 0 amide bonds. The summed E-state index contributed by atoms with van der Waals surface area (Å²) < 4.78 is 1.89. The second kappa shape index (κ2) is 5.36. The highest BCUT2D eigenvalue weighted by Gasteiger charge is 2.20. The van der Waals surface area contributed by atoms with E-state index in [1.807, 2.05) is 24.5 Å². The highest BCUT2D eigenvalue weighted by atomic mass is 32.1. The van der Waals surface area contributed by atoms with E-state index in [4.69, 9.17) is 0 Å². The number of pyridine rings is 1. The van der Waals surface area contributed by atoms with Crippen LogP contribution in [0.25, 0.3) is 10.6 Å². The highest BCUT2D eigenvalue weighted by Crippen LogP contribution is 2.28. The molecular formula is C14H18N4OS. The van der Waals surface area contributed by atoms with E-state index in [1.165, 1.54) is 22.6 Å². The van der Waals surface area contributed by atoms with Crippen molar-refractivity contribution < 1.29 is 0 Å². The van der Waals surface area contributed by atoms with Gasteiger partial charge in [0.15, 0.2) is 5.01 Å². The molecule has 2 heterocycles. The van der Waals surface area contributed by atoms with E-state index >= 15 is 0 Å². The predicted octanol–water partition coefficient (Wildman–Crippen LogP) is 2.31. The lowest BCUT2D eigenvalue weighted by atomic mass is 10.1. The number of aryl methyl sites for hydroxylation is 1. The van der Waals surface area contributed by atoms with E-state index in [0.29, 0.717) is 17.1 Å². The maximum atomic E-state index is 12.6. The molecule has 2 aromatic heterocycles. The second-order valence-electron chi connectivity index (χ2n) is 4.88. The Kier molecular flexibility index (Phi) is 3.56. The van der Waals surface area contributed by atoms with Crippen LogP contribution < -0.4 is 10.9 Å². The Hall–Kier alpha value is -1.69. The lowest BCUT2D eigenvalue weighted by Crippen LogP contribution is -2.24. The molecule has 2 aromatic rings. The van der Waals surface area contributed by atoms with Crippen molar-refractivity contribution in [3.05, 3.63) is 27.7 Å². The molecule has 6 heteroatoms. The molecule has 0 atom stereocenters. The third kappa shape index (κ3) is 2.14. The molecule has 0 fully saturated rings. The SMILES string of the molecule is CCNc1nnc(-c2cc3c(n(CC)c2=O)CCC3)s1. The van der Waals surface area contributed by atoms with Crippen LogP contribution in [0.4, 0.5) is 5.13 Å². The summed E-state index contributed by atoms with van der Waals surface area (Å²) in [5, 5.41) is 12.9. The first-order chi connectivity index (χ1) is 9.74. The average Bonchev–Trinajstić information content (AvgIpc) is 3.07. The standard InChI is InChI=1S/C14H18N4OS/c1-3-15-14-17-16-12(20-14)10-8-9-6-5-7-11(9)18(4-2)13(10)19/h8H,3-7H2,1-2H3,(H,15,17). The van der Waals surface area contributed by atoms with Crippen molar-refractivity contribution in [2.75, 3.05) is 11.9 Å².